The molecule has 0 aromatic heterocycles. The van der Waals surface area contributed by atoms with Gasteiger partial charge in [0.05, 0.1) is 0 Å². The second-order valence-corrected chi connectivity index (χ2v) is 72.9. The molecule has 0 spiro atoms. The predicted octanol–water partition coefficient (Wildman–Crippen LogP) is -26.7. The second-order valence-electron chi connectivity index (χ2n) is 15.5. The Morgan fingerprint density at radius 2 is 0.655 bits per heavy atom. The molecule has 518 valence electrons. The molecule has 3 aliphatic heterocycles. The normalized spacial score (nSPS) is 34.1. The molecule has 49 nitrogen and oxygen atoms in total. The Bertz CT molecular complexity index is 1760. The van der Waals surface area contributed by atoms with Gasteiger partial charge in [0.25, 0.3) is 19.3 Å². The summed E-state index contributed by atoms with van der Waals surface area (Å²) in [5, 5.41) is 0. The quantitative estimate of drug-likeness (QED) is 0.0278. The Hall–Kier alpha value is 4.55. The molecule has 87 heavy (non-hydrogen) atoms. The average Bonchev–Trinajstić information content (AvgIpc) is 3.48. The summed E-state index contributed by atoms with van der Waals surface area (Å²) < 4.78 is 175. The van der Waals surface area contributed by atoms with Gasteiger partial charge in [-0.1, -0.05) is 0 Å². The summed E-state index contributed by atoms with van der Waals surface area (Å²) >= 11 is 0. The predicted molar refractivity (Wildman–Crippen MR) is 335 cm³/mol. The lowest BCUT2D eigenvalue weighted by atomic mass is 11.9. The molecule has 3 fully saturated rings. The van der Waals surface area contributed by atoms with Crippen LogP contribution in [0.3, 0.4) is 0 Å². The molecule has 17 N–H and O–H groups in total. The summed E-state index contributed by atoms with van der Waals surface area (Å²) in [6, 6.07) is 0. The molecule has 0 aliphatic carbocycles. The largest absolute Gasteiger partial charge is 0.471 e. The highest BCUT2D eigenvalue weighted by molar-refractivity contribution is 6.77. The highest BCUT2D eigenvalue weighted by Crippen LogP contribution is 2.17. The Labute approximate surface area is 545 Å². The lowest BCUT2D eigenvalue weighted by molar-refractivity contribution is 0.112. The van der Waals surface area contributed by atoms with Crippen LogP contribution >= 0.6 is 0 Å². The minimum Gasteiger partial charge on any atom is -0.423 e. The molecule has 0 aromatic rings. The highest BCUT2D eigenvalue weighted by atomic mass is 28.6. The van der Waals surface area contributed by atoms with Crippen LogP contribution in [0.4, 0.5) is 0 Å². The molecule has 3 saturated heterocycles. The molecule has 3 rings (SSSR count). The maximum absolute atomic E-state index is 11.0. The fourth-order valence-corrected chi connectivity index (χ4v) is 73.0. The van der Waals surface area contributed by atoms with Gasteiger partial charge in [0, 0.05) is 0 Å². The van der Waals surface area contributed by atoms with Gasteiger partial charge in [-0.2, -0.15) is 0 Å². The fraction of sp³-hybridized carbons (Fsp3) is 1.00. The van der Waals surface area contributed by atoms with Gasteiger partial charge < -0.3 is 213 Å². The van der Waals surface area contributed by atoms with E-state index in [0.29, 0.717) is 0 Å². The highest BCUT2D eigenvalue weighted by Gasteiger charge is 2.45. The third kappa shape index (κ3) is 41.7. The second kappa shape index (κ2) is 46.8. The third-order valence-electron chi connectivity index (χ3n) is 8.36. The first kappa shape index (κ1) is 85.8. The smallest absolute Gasteiger partial charge is 0.423 e. The van der Waals surface area contributed by atoms with E-state index < -0.39 is 284 Å². The van der Waals surface area contributed by atoms with Crippen molar-refractivity contribution in [2.45, 2.75) is 52.4 Å². The van der Waals surface area contributed by atoms with Gasteiger partial charge in [0.15, 0.2) is 0 Å². The first-order valence-electron chi connectivity index (χ1n) is 24.2. The van der Waals surface area contributed by atoms with Gasteiger partial charge in [0.1, 0.15) is 0 Å². The topological polar surface area (TPSA) is 639 Å². The number of hydrogen-bond acceptors (Lipinski definition) is 49. The van der Waals surface area contributed by atoms with Crippen LogP contribution in [0.25, 0.3) is 0 Å². The van der Waals surface area contributed by atoms with Crippen LogP contribution in [-0.2, 0) is 132 Å². The van der Waals surface area contributed by atoms with Crippen molar-refractivity contribution in [1.29, 1.82) is 0 Å². The van der Waals surface area contributed by atoms with Gasteiger partial charge in [0.2, 0.25) is 0 Å². The first-order chi connectivity index (χ1) is 40.7. The summed E-state index contributed by atoms with van der Waals surface area (Å²) in [7, 11) is -106. The van der Waals surface area contributed by atoms with Crippen molar-refractivity contribution in [3.05, 3.63) is 0 Å². The summed E-state index contributed by atoms with van der Waals surface area (Å²) in [4.78, 5) is 173. The first-order valence-corrected chi connectivity index (χ1v) is 72.6. The number of hydrogen-bond donors (Lipinski definition) is 17. The van der Waals surface area contributed by atoms with E-state index in [1.807, 2.05) is 0 Å². The van der Waals surface area contributed by atoms with Gasteiger partial charge >= 0.3 is 265 Å². The Morgan fingerprint density at radius 1 is 0.276 bits per heavy atom. The van der Waals surface area contributed by atoms with Crippen LogP contribution in [0, 0.1) is 0 Å². The van der Waals surface area contributed by atoms with Crippen molar-refractivity contribution in [1.82, 2.24) is 0 Å². The molecular weight excluding hydrogens is 1720 g/mol. The van der Waals surface area contributed by atoms with E-state index in [1.165, 1.54) is 45.8 Å². The van der Waals surface area contributed by atoms with E-state index >= 15 is 0 Å². The van der Waals surface area contributed by atoms with E-state index in [-0.39, 0.29) is 0 Å². The van der Waals surface area contributed by atoms with Crippen molar-refractivity contribution < 1.29 is 213 Å². The van der Waals surface area contributed by atoms with Crippen LogP contribution in [-0.4, -0.2) is 366 Å². The number of rotatable bonds is 32. The molecule has 3 aliphatic rings. The van der Waals surface area contributed by atoms with E-state index in [2.05, 4.69) is 4.12 Å². The Morgan fingerprint density at radius 3 is 1.15 bits per heavy atom. The average molecular weight is 1800 g/mol. The van der Waals surface area contributed by atoms with Crippen molar-refractivity contribution >= 4 is 284 Å². The van der Waals surface area contributed by atoms with Crippen molar-refractivity contribution in [3.63, 3.8) is 0 Å². The molecule has 0 aromatic carbocycles. The SMILES string of the molecule is C[SiH](O)O[SiH](O)O[SiH](C)O[SiH]1O[SiH](C)O[SiH](O)O[SiH]2O[SiH](O)O[SiH](O)O[SiH](O[SiH](O)O[SiH](C)O[SiH](O)O[SiH2]O[SiH](C)O[SiH](C)O[SiH](O)O[SiH]3O[SiH](O[SiH](C)O)O[SiH](C)O[SiH](O[SiH](O)O)O[SiH](O[SiH](O)O[SiH](O)O)O[SiH](O[SiH](O)O)O3)O[SiH](O)O[SiH](O1)O2. The Kier molecular flexibility index (Phi) is 46.1. The molecule has 2 bridgehead atoms. The summed E-state index contributed by atoms with van der Waals surface area (Å²) in [6.45, 7) is 11.4. The zero-order chi connectivity index (χ0) is 65.1. The zero-order valence-corrected chi connectivity index (χ0v) is 81.0. The van der Waals surface area contributed by atoms with Crippen LogP contribution in [0.15, 0.2) is 0 Å². The molecule has 0 radical (unpaired) electrons. The van der Waals surface area contributed by atoms with E-state index in [0.717, 1.165) is 0 Å². The van der Waals surface area contributed by atoms with Crippen LogP contribution in [0.5, 0.6) is 0 Å². The standard InChI is InChI=1S/C8H72O49Si30/c1-59(9)28-71(18)34-64(6)36-80-37-65(7)35-74(21)45-84-49-77(24)43-76(23)48-83(50-78(25)51-87(53-80)57-84)44-73(20)33-63(5)31-70(17)27-58-26-61(3)30-62(4)32-72(19)46-85-52-79(29-60(2)10)38-66(8)39-81(41-68(13)14)54-86(47-75(22)40-67(11)12)56-82(55-85)42-69(15)16/h9-25,59-87H,58H2,1-8H3. The van der Waals surface area contributed by atoms with Gasteiger partial charge in [-0.05, 0) is 52.4 Å². The van der Waals surface area contributed by atoms with Crippen LogP contribution < -0.4 is 0 Å². The van der Waals surface area contributed by atoms with Gasteiger partial charge in [-0.25, -0.2) is 0 Å². The lowest BCUT2D eigenvalue weighted by Gasteiger charge is -2.33. The summed E-state index contributed by atoms with van der Waals surface area (Å²) in [5.74, 6) is 0. The molecule has 79 heteroatoms. The molecule has 26 unspecified atom stereocenters. The summed E-state index contributed by atoms with van der Waals surface area (Å²) in [6.07, 6.45) is 0. The summed E-state index contributed by atoms with van der Waals surface area (Å²) in [5.41, 5.74) is 0. The van der Waals surface area contributed by atoms with Crippen molar-refractivity contribution in [2.24, 2.45) is 0 Å². The van der Waals surface area contributed by atoms with Crippen molar-refractivity contribution in [2.75, 3.05) is 0 Å². The van der Waals surface area contributed by atoms with Crippen LogP contribution in [0.1, 0.15) is 0 Å². The van der Waals surface area contributed by atoms with Gasteiger partial charge in [-0.15, -0.1) is 0 Å². The monoisotopic (exact) mass is 1790 g/mol. The zero-order valence-electron chi connectivity index (χ0n) is 46.1. The molecular formula is C8H72O49Si30. The lowest BCUT2D eigenvalue weighted by Crippen LogP contribution is -2.56. The van der Waals surface area contributed by atoms with E-state index in [4.69, 9.17) is 128 Å². The molecule has 26 atom stereocenters. The maximum Gasteiger partial charge on any atom is 0.471 e. The molecule has 3 heterocycles. The Balaban J connectivity index is 1.58. The number of fused-ring (bicyclic) bond motifs is 2. The molecule has 0 amide bonds. The minimum atomic E-state index is -4.10. The minimum absolute atomic E-state index is 1.32. The van der Waals surface area contributed by atoms with E-state index in [9.17, 15) is 81.5 Å². The van der Waals surface area contributed by atoms with Gasteiger partial charge in [-0.3, -0.25) is 0 Å². The van der Waals surface area contributed by atoms with E-state index in [1.54, 1.807) is 6.55 Å². The van der Waals surface area contributed by atoms with Crippen molar-refractivity contribution in [3.8, 4) is 0 Å². The van der Waals surface area contributed by atoms with Crippen LogP contribution in [0.2, 0.25) is 52.4 Å². The molecule has 0 saturated carbocycles. The fourth-order valence-electron chi connectivity index (χ4n) is 5.31. The third-order valence-corrected chi connectivity index (χ3v) is 75.2. The maximum atomic E-state index is 11.0.